The molecule has 1 amide bonds. The Kier molecular flexibility index (Phi) is 7.30. The molecule has 2 aromatic carbocycles. The molecule has 262 valence electrons. The molecular weight excluding hydrogens is 703 g/mol. The lowest BCUT2D eigenvalue weighted by Gasteiger charge is -2.18. The number of rotatable bonds is 7. The van der Waals surface area contributed by atoms with Gasteiger partial charge in [-0.1, -0.05) is 23.7 Å². The van der Waals surface area contributed by atoms with Crippen molar-refractivity contribution >= 4 is 44.7 Å². The molecule has 4 aliphatic rings. The van der Waals surface area contributed by atoms with Gasteiger partial charge in [0, 0.05) is 58.6 Å². The minimum atomic E-state index is -0.356. The van der Waals surface area contributed by atoms with Crippen LogP contribution < -0.4 is 14.8 Å². The van der Waals surface area contributed by atoms with E-state index >= 15 is 0 Å². The second kappa shape index (κ2) is 12.0. The van der Waals surface area contributed by atoms with Gasteiger partial charge in [-0.15, -0.1) is 21.5 Å². The average molecular weight is 735 g/mol. The molecule has 1 N–H and O–H groups in total. The van der Waals surface area contributed by atoms with Crippen LogP contribution in [0.1, 0.15) is 81.6 Å². The zero-order valence-corrected chi connectivity index (χ0v) is 29.9. The highest BCUT2D eigenvalue weighted by Gasteiger charge is 2.45. The summed E-state index contributed by atoms with van der Waals surface area (Å²) < 4.78 is 33.2. The first-order valence-corrected chi connectivity index (χ1v) is 18.7. The Labute approximate surface area is 307 Å². The molecule has 4 aromatic heterocycles. The van der Waals surface area contributed by atoms with Crippen LogP contribution >= 0.6 is 22.9 Å². The van der Waals surface area contributed by atoms with E-state index in [1.54, 1.807) is 24.5 Å². The van der Waals surface area contributed by atoms with E-state index in [9.17, 15) is 9.18 Å². The number of nitrogens with zero attached hydrogens (tertiary/aromatic N) is 5. The van der Waals surface area contributed by atoms with Crippen molar-refractivity contribution in [1.29, 1.82) is 0 Å². The van der Waals surface area contributed by atoms with Gasteiger partial charge >= 0.3 is 0 Å². The van der Waals surface area contributed by atoms with Gasteiger partial charge in [-0.2, -0.15) is 0 Å². The highest BCUT2D eigenvalue weighted by molar-refractivity contribution is 7.23. The maximum absolute atomic E-state index is 14.5. The number of nitrogens with one attached hydrogen (secondary N) is 1. The second-order valence-corrected chi connectivity index (χ2v) is 15.3. The van der Waals surface area contributed by atoms with Gasteiger partial charge in [-0.05, 0) is 67.0 Å². The molecule has 0 saturated carbocycles. The van der Waals surface area contributed by atoms with Crippen molar-refractivity contribution in [2.75, 3.05) is 25.6 Å². The largest absolute Gasteiger partial charge is 0.493 e. The number of carbonyl (C=O) groups excluding carboxylic acids is 1. The number of ether oxygens (including phenoxy) is 2. The molecule has 3 aliphatic heterocycles. The van der Waals surface area contributed by atoms with Gasteiger partial charge in [0.15, 0.2) is 11.6 Å². The van der Waals surface area contributed by atoms with Crippen LogP contribution in [0.15, 0.2) is 53.1 Å². The Morgan fingerprint density at radius 2 is 1.98 bits per heavy atom. The van der Waals surface area contributed by atoms with Gasteiger partial charge in [0.25, 0.3) is 5.91 Å². The normalized spacial score (nSPS) is 19.9. The van der Waals surface area contributed by atoms with E-state index in [1.165, 1.54) is 13.2 Å². The van der Waals surface area contributed by atoms with E-state index in [1.807, 2.05) is 35.2 Å². The molecule has 0 radical (unpaired) electrons. The number of anilines is 1. The summed E-state index contributed by atoms with van der Waals surface area (Å²) in [5.41, 5.74) is 6.58. The summed E-state index contributed by atoms with van der Waals surface area (Å²) >= 11 is 7.87. The molecule has 0 bridgehead atoms. The fourth-order valence-electron chi connectivity index (χ4n) is 8.59. The van der Waals surface area contributed by atoms with Crippen LogP contribution in [-0.4, -0.2) is 51.2 Å². The van der Waals surface area contributed by atoms with Gasteiger partial charge in [0.2, 0.25) is 11.8 Å². The number of methoxy groups -OCH3 is 1. The van der Waals surface area contributed by atoms with E-state index in [0.717, 1.165) is 79.4 Å². The Hall–Kier alpha value is -5.07. The summed E-state index contributed by atoms with van der Waals surface area (Å²) in [5, 5.41) is 14.0. The summed E-state index contributed by atoms with van der Waals surface area (Å²) in [6.45, 7) is 2.93. The zero-order valence-electron chi connectivity index (χ0n) is 28.3. The monoisotopic (exact) mass is 734 g/mol. The van der Waals surface area contributed by atoms with E-state index in [2.05, 4.69) is 21.6 Å². The van der Waals surface area contributed by atoms with Crippen molar-refractivity contribution in [2.45, 2.75) is 57.0 Å². The number of fused-ring (bicyclic) bond motifs is 6. The third kappa shape index (κ3) is 4.83. The lowest BCUT2D eigenvalue weighted by molar-refractivity contribution is 0.0776. The number of carbonyl (C=O) groups is 1. The van der Waals surface area contributed by atoms with E-state index in [0.29, 0.717) is 59.7 Å². The van der Waals surface area contributed by atoms with Gasteiger partial charge in [0.05, 0.1) is 53.0 Å². The fourth-order valence-corrected chi connectivity index (χ4v) is 9.92. The van der Waals surface area contributed by atoms with Crippen molar-refractivity contribution in [3.05, 3.63) is 99.0 Å². The lowest BCUT2D eigenvalue weighted by atomic mass is 9.89. The standard InChI is InChI=1S/C39H32ClFN6O4S/c1-18-45-46-38(51-18)31-27(14-20-17-50-29-16-21(40)5-6-22(20)29)43-34-28-4-3-13-47(28)39(48)33(34)32(31)30-15-19-11-12-42-37(36(19)52-30)44-26-10-8-24-23(26)7-9-25(41)35(24)49-2/h5-7,9,11-12,15-16,20,26,28H,3-4,8,10,13-14,17H2,1-2H3,(H,42,44)/t20-,26+,28+/m0/s1. The van der Waals surface area contributed by atoms with Crippen molar-refractivity contribution in [3.63, 3.8) is 0 Å². The van der Waals surface area contributed by atoms with Crippen LogP contribution in [0.2, 0.25) is 5.02 Å². The number of halogens is 2. The predicted octanol–water partition coefficient (Wildman–Crippen LogP) is 8.63. The van der Waals surface area contributed by atoms with Crippen LogP contribution in [0.4, 0.5) is 10.2 Å². The van der Waals surface area contributed by atoms with Crippen molar-refractivity contribution in [2.24, 2.45) is 0 Å². The Bertz CT molecular complexity index is 2470. The molecule has 10 rings (SSSR count). The first-order valence-electron chi connectivity index (χ1n) is 17.5. The molecule has 13 heteroatoms. The summed E-state index contributed by atoms with van der Waals surface area (Å²) in [6, 6.07) is 13.0. The van der Waals surface area contributed by atoms with E-state index in [4.69, 9.17) is 35.5 Å². The van der Waals surface area contributed by atoms with Crippen LogP contribution in [0, 0.1) is 12.7 Å². The van der Waals surface area contributed by atoms with Gasteiger partial charge in [-0.25, -0.2) is 9.37 Å². The minimum Gasteiger partial charge on any atom is -0.493 e. The highest BCUT2D eigenvalue weighted by Crippen LogP contribution is 2.51. The molecule has 0 spiro atoms. The third-order valence-electron chi connectivity index (χ3n) is 10.9. The van der Waals surface area contributed by atoms with Gasteiger partial charge in [-0.3, -0.25) is 9.78 Å². The molecule has 10 nitrogen and oxygen atoms in total. The Balaban J connectivity index is 1.14. The third-order valence-corrected chi connectivity index (χ3v) is 12.3. The lowest BCUT2D eigenvalue weighted by Crippen LogP contribution is -2.22. The van der Waals surface area contributed by atoms with Crippen molar-refractivity contribution in [3.8, 4) is 33.4 Å². The second-order valence-electron chi connectivity index (χ2n) is 13.8. The molecule has 1 saturated heterocycles. The van der Waals surface area contributed by atoms with Crippen LogP contribution in [0.5, 0.6) is 11.5 Å². The van der Waals surface area contributed by atoms with Gasteiger partial charge < -0.3 is 24.1 Å². The summed E-state index contributed by atoms with van der Waals surface area (Å²) in [5.74, 6) is 2.18. The number of thiophene rings is 1. The zero-order chi connectivity index (χ0) is 35.2. The van der Waals surface area contributed by atoms with E-state index in [-0.39, 0.29) is 29.7 Å². The molecule has 1 aliphatic carbocycles. The van der Waals surface area contributed by atoms with Gasteiger partial charge in [0.1, 0.15) is 11.6 Å². The molecule has 52 heavy (non-hydrogen) atoms. The molecule has 6 aromatic rings. The topological polar surface area (TPSA) is 116 Å². The molecule has 0 unspecified atom stereocenters. The van der Waals surface area contributed by atoms with Crippen LogP contribution in [0.25, 0.3) is 32.0 Å². The smallest absolute Gasteiger partial charge is 0.257 e. The quantitative estimate of drug-likeness (QED) is 0.172. The number of benzene rings is 2. The number of pyridine rings is 2. The summed E-state index contributed by atoms with van der Waals surface area (Å²) in [4.78, 5) is 27.3. The number of aryl methyl sites for hydroxylation is 1. The number of hydrogen-bond acceptors (Lipinski definition) is 10. The predicted molar refractivity (Wildman–Crippen MR) is 195 cm³/mol. The minimum absolute atomic E-state index is 0.00835. The first kappa shape index (κ1) is 31.6. The SMILES string of the molecule is COc1c(F)ccc2c1CC[C@H]2Nc1nccc2cc(-c3c4c(nc(C[C@H]5COc6cc(Cl)ccc65)c3-c3nnc(C)o3)[C@H]3CCCN3C4=O)sc12. The maximum atomic E-state index is 14.5. The molecule has 1 fully saturated rings. The van der Waals surface area contributed by atoms with Crippen LogP contribution in [0.3, 0.4) is 0 Å². The summed E-state index contributed by atoms with van der Waals surface area (Å²) in [7, 11) is 1.51. The summed E-state index contributed by atoms with van der Waals surface area (Å²) in [6.07, 6.45) is 5.60. The first-order chi connectivity index (χ1) is 25.4. The molecular formula is C39H32ClFN6O4S. The average Bonchev–Trinajstić information content (AvgIpc) is 3.99. The number of amides is 1. The van der Waals surface area contributed by atoms with Crippen molar-refractivity contribution < 1.29 is 23.1 Å². The van der Waals surface area contributed by atoms with E-state index < -0.39 is 0 Å². The Morgan fingerprint density at radius 3 is 2.83 bits per heavy atom. The van der Waals surface area contributed by atoms with Crippen molar-refractivity contribution in [1.82, 2.24) is 25.1 Å². The van der Waals surface area contributed by atoms with Crippen LogP contribution in [-0.2, 0) is 12.8 Å². The fraction of sp³-hybridized carbons (Fsp3) is 0.308. The number of hydrogen-bond donors (Lipinski definition) is 1. The Morgan fingerprint density at radius 1 is 1.10 bits per heavy atom. The maximum Gasteiger partial charge on any atom is 0.257 e. The molecule has 3 atom stereocenters. The highest BCUT2D eigenvalue weighted by atomic mass is 35.5. The molecule has 7 heterocycles. The number of aromatic nitrogens is 4.